The summed E-state index contributed by atoms with van der Waals surface area (Å²) in [6.07, 6.45) is 5.15. The van der Waals surface area contributed by atoms with Crippen LogP contribution in [0.3, 0.4) is 0 Å². The van der Waals surface area contributed by atoms with Crippen molar-refractivity contribution in [3.63, 3.8) is 0 Å². The molecule has 0 aromatic carbocycles. The Morgan fingerprint density at radius 2 is 2.20 bits per heavy atom. The molecule has 15 heavy (non-hydrogen) atoms. The smallest absolute Gasteiger partial charge is 0.273 e. The van der Waals surface area contributed by atoms with Gasteiger partial charge in [0.05, 0.1) is 12.2 Å². The molecule has 0 atom stereocenters. The Morgan fingerprint density at radius 3 is 2.93 bits per heavy atom. The molecule has 4 nitrogen and oxygen atoms in total. The molecule has 0 aliphatic heterocycles. The summed E-state index contributed by atoms with van der Waals surface area (Å²) in [7, 11) is 0. The van der Waals surface area contributed by atoms with E-state index in [0.29, 0.717) is 6.54 Å². The number of hydrogen-bond donors (Lipinski definition) is 1. The largest absolute Gasteiger partial charge is 0.394 e. The second-order valence-corrected chi connectivity index (χ2v) is 3.26. The molecule has 0 saturated carbocycles. The molecule has 2 N–H and O–H groups in total. The standard InChI is InChI=1S/C11H11N3O/c12-10-4-2-6-14(11(10)15)8-9-3-1-5-13-7-9/h1-7H,8,12H2. The van der Waals surface area contributed by atoms with E-state index in [0.717, 1.165) is 5.56 Å². The molecule has 0 aliphatic rings. The number of aromatic nitrogens is 2. The van der Waals surface area contributed by atoms with Gasteiger partial charge in [0.15, 0.2) is 0 Å². The average molecular weight is 201 g/mol. The van der Waals surface area contributed by atoms with Gasteiger partial charge in [-0.3, -0.25) is 9.78 Å². The number of anilines is 1. The van der Waals surface area contributed by atoms with E-state index in [9.17, 15) is 4.79 Å². The minimum absolute atomic E-state index is 0.165. The Balaban J connectivity index is 2.33. The van der Waals surface area contributed by atoms with E-state index in [4.69, 9.17) is 5.73 Å². The fraction of sp³-hybridized carbons (Fsp3) is 0.0909. The summed E-state index contributed by atoms with van der Waals surface area (Å²) in [5.41, 5.74) is 6.60. The van der Waals surface area contributed by atoms with E-state index in [2.05, 4.69) is 4.98 Å². The Kier molecular flexibility index (Phi) is 2.49. The highest BCUT2D eigenvalue weighted by atomic mass is 16.1. The zero-order valence-corrected chi connectivity index (χ0v) is 8.13. The first-order valence-corrected chi connectivity index (χ1v) is 4.61. The van der Waals surface area contributed by atoms with Gasteiger partial charge in [0.2, 0.25) is 0 Å². The summed E-state index contributed by atoms with van der Waals surface area (Å²) in [5.74, 6) is 0. The highest BCUT2D eigenvalue weighted by Crippen LogP contribution is 1.99. The molecule has 0 radical (unpaired) electrons. The highest BCUT2D eigenvalue weighted by molar-refractivity contribution is 5.33. The number of pyridine rings is 2. The number of hydrogen-bond acceptors (Lipinski definition) is 3. The zero-order valence-electron chi connectivity index (χ0n) is 8.13. The van der Waals surface area contributed by atoms with Crippen molar-refractivity contribution in [3.8, 4) is 0 Å². The van der Waals surface area contributed by atoms with Gasteiger partial charge in [-0.1, -0.05) is 6.07 Å². The fourth-order valence-corrected chi connectivity index (χ4v) is 1.37. The maximum absolute atomic E-state index is 11.6. The van der Waals surface area contributed by atoms with Crippen LogP contribution < -0.4 is 11.3 Å². The third-order valence-electron chi connectivity index (χ3n) is 2.13. The van der Waals surface area contributed by atoms with Crippen LogP contribution >= 0.6 is 0 Å². The summed E-state index contributed by atoms with van der Waals surface area (Å²) in [6.45, 7) is 0.498. The van der Waals surface area contributed by atoms with E-state index in [1.807, 2.05) is 12.1 Å². The van der Waals surface area contributed by atoms with Crippen LogP contribution in [0.15, 0.2) is 47.7 Å². The number of nitrogens with two attached hydrogens (primary N) is 1. The Labute approximate surface area is 87.0 Å². The highest BCUT2D eigenvalue weighted by Gasteiger charge is 1.99. The van der Waals surface area contributed by atoms with Crippen molar-refractivity contribution in [3.05, 3.63) is 58.8 Å². The van der Waals surface area contributed by atoms with Crippen molar-refractivity contribution in [2.24, 2.45) is 0 Å². The molecule has 4 heteroatoms. The molecule has 0 saturated heterocycles. The molecule has 0 fully saturated rings. The van der Waals surface area contributed by atoms with Crippen LogP contribution in [0.5, 0.6) is 0 Å². The van der Waals surface area contributed by atoms with Crippen LogP contribution in [0, 0.1) is 0 Å². The van der Waals surface area contributed by atoms with Crippen molar-refractivity contribution in [2.45, 2.75) is 6.54 Å². The van der Waals surface area contributed by atoms with Crippen molar-refractivity contribution < 1.29 is 0 Å². The van der Waals surface area contributed by atoms with Gasteiger partial charge in [-0.05, 0) is 23.8 Å². The molecular formula is C11H11N3O. The van der Waals surface area contributed by atoms with E-state index in [1.165, 1.54) is 0 Å². The fourth-order valence-electron chi connectivity index (χ4n) is 1.37. The lowest BCUT2D eigenvalue weighted by Gasteiger charge is -2.05. The topological polar surface area (TPSA) is 60.9 Å². The van der Waals surface area contributed by atoms with Crippen LogP contribution in [0.1, 0.15) is 5.56 Å². The van der Waals surface area contributed by atoms with Gasteiger partial charge in [0.25, 0.3) is 5.56 Å². The number of rotatable bonds is 2. The maximum Gasteiger partial charge on any atom is 0.273 e. The lowest BCUT2D eigenvalue weighted by Crippen LogP contribution is -2.22. The monoisotopic (exact) mass is 201 g/mol. The van der Waals surface area contributed by atoms with Gasteiger partial charge in [-0.15, -0.1) is 0 Å². The normalized spacial score (nSPS) is 10.1. The minimum atomic E-state index is -0.165. The van der Waals surface area contributed by atoms with Crippen molar-refractivity contribution in [1.82, 2.24) is 9.55 Å². The van der Waals surface area contributed by atoms with Crippen molar-refractivity contribution in [2.75, 3.05) is 5.73 Å². The summed E-state index contributed by atoms with van der Waals surface area (Å²) in [4.78, 5) is 15.6. The van der Waals surface area contributed by atoms with Gasteiger partial charge in [-0.25, -0.2) is 0 Å². The second-order valence-electron chi connectivity index (χ2n) is 3.26. The maximum atomic E-state index is 11.6. The van der Waals surface area contributed by atoms with Crippen LogP contribution in [-0.4, -0.2) is 9.55 Å². The molecule has 2 aromatic heterocycles. The molecule has 0 spiro atoms. The van der Waals surface area contributed by atoms with Crippen molar-refractivity contribution in [1.29, 1.82) is 0 Å². The number of nitrogens with zero attached hydrogens (tertiary/aromatic N) is 2. The van der Waals surface area contributed by atoms with E-state index >= 15 is 0 Å². The summed E-state index contributed by atoms with van der Waals surface area (Å²) >= 11 is 0. The van der Waals surface area contributed by atoms with Crippen LogP contribution in [-0.2, 0) is 6.54 Å². The third kappa shape index (κ3) is 2.04. The van der Waals surface area contributed by atoms with Crippen molar-refractivity contribution >= 4 is 5.69 Å². The first kappa shape index (κ1) is 9.45. The Bertz CT molecular complexity index is 505. The molecule has 0 aliphatic carbocycles. The zero-order chi connectivity index (χ0) is 10.7. The summed E-state index contributed by atoms with van der Waals surface area (Å²) in [5, 5.41) is 0. The van der Waals surface area contributed by atoms with Gasteiger partial charge in [0.1, 0.15) is 0 Å². The average Bonchev–Trinajstić information content (AvgIpc) is 2.26. The summed E-state index contributed by atoms with van der Waals surface area (Å²) in [6, 6.07) is 7.12. The quantitative estimate of drug-likeness (QED) is 0.784. The second kappa shape index (κ2) is 3.96. The van der Waals surface area contributed by atoms with Crippen LogP contribution in [0.4, 0.5) is 5.69 Å². The van der Waals surface area contributed by atoms with Crippen LogP contribution in [0.2, 0.25) is 0 Å². The molecule has 76 valence electrons. The lowest BCUT2D eigenvalue weighted by molar-refractivity contribution is 0.759. The van der Waals surface area contributed by atoms with Gasteiger partial charge < -0.3 is 10.3 Å². The Morgan fingerprint density at radius 1 is 1.33 bits per heavy atom. The lowest BCUT2D eigenvalue weighted by atomic mass is 10.3. The van der Waals surface area contributed by atoms with Gasteiger partial charge in [0, 0.05) is 18.6 Å². The molecule has 0 unspecified atom stereocenters. The first-order chi connectivity index (χ1) is 7.27. The Hall–Kier alpha value is -2.10. The predicted octanol–water partition coefficient (Wildman–Crippen LogP) is 0.874. The minimum Gasteiger partial charge on any atom is -0.394 e. The molecular weight excluding hydrogens is 190 g/mol. The summed E-state index contributed by atoms with van der Waals surface area (Å²) < 4.78 is 1.56. The molecule has 0 bridgehead atoms. The predicted molar refractivity (Wildman–Crippen MR) is 58.5 cm³/mol. The van der Waals surface area contributed by atoms with E-state index < -0.39 is 0 Å². The van der Waals surface area contributed by atoms with Gasteiger partial charge >= 0.3 is 0 Å². The van der Waals surface area contributed by atoms with E-state index in [1.54, 1.807) is 35.3 Å². The van der Waals surface area contributed by atoms with E-state index in [-0.39, 0.29) is 11.2 Å². The third-order valence-corrected chi connectivity index (χ3v) is 2.13. The molecule has 2 aromatic rings. The number of nitrogen functional groups attached to an aromatic ring is 1. The SMILES string of the molecule is Nc1cccn(Cc2cccnc2)c1=O. The first-order valence-electron chi connectivity index (χ1n) is 4.61. The molecule has 2 rings (SSSR count). The molecule has 0 amide bonds. The molecule has 2 heterocycles. The van der Waals surface area contributed by atoms with Crippen LogP contribution in [0.25, 0.3) is 0 Å². The van der Waals surface area contributed by atoms with Gasteiger partial charge in [-0.2, -0.15) is 0 Å².